The van der Waals surface area contributed by atoms with Crippen LogP contribution in [0.25, 0.3) is 0 Å². The molecule has 0 atom stereocenters. The Morgan fingerprint density at radius 2 is 1.74 bits per heavy atom. The number of rotatable bonds is 8. The molecule has 0 aliphatic heterocycles. The van der Waals surface area contributed by atoms with Crippen molar-refractivity contribution in [2.45, 2.75) is 38.6 Å². The van der Waals surface area contributed by atoms with E-state index in [2.05, 4.69) is 4.72 Å². The van der Waals surface area contributed by atoms with Crippen molar-refractivity contribution in [3.63, 3.8) is 0 Å². The van der Waals surface area contributed by atoms with Crippen LogP contribution in [0.15, 0.2) is 30.3 Å². The van der Waals surface area contributed by atoms with E-state index in [4.69, 9.17) is 0 Å². The highest BCUT2D eigenvalue weighted by molar-refractivity contribution is 7.89. The molecule has 2 N–H and O–H groups in total. The van der Waals surface area contributed by atoms with Crippen molar-refractivity contribution < 1.29 is 13.5 Å². The van der Waals surface area contributed by atoms with Crippen LogP contribution in [0.3, 0.4) is 0 Å². The second kappa shape index (κ2) is 7.03. The van der Waals surface area contributed by atoms with Crippen molar-refractivity contribution in [1.29, 1.82) is 0 Å². The Morgan fingerprint density at radius 3 is 2.21 bits per heavy atom. The number of hydrogen-bond acceptors (Lipinski definition) is 3. The average molecular weight is 285 g/mol. The molecule has 0 saturated carbocycles. The van der Waals surface area contributed by atoms with Gasteiger partial charge in [0.2, 0.25) is 10.0 Å². The van der Waals surface area contributed by atoms with Crippen molar-refractivity contribution >= 4 is 10.0 Å². The van der Waals surface area contributed by atoms with Crippen LogP contribution in [0.4, 0.5) is 0 Å². The lowest BCUT2D eigenvalue weighted by Gasteiger charge is -2.30. The van der Waals surface area contributed by atoms with Crippen LogP contribution >= 0.6 is 0 Å². The lowest BCUT2D eigenvalue weighted by Crippen LogP contribution is -2.51. The fraction of sp³-hybridized carbons (Fsp3) is 0.571. The van der Waals surface area contributed by atoms with Gasteiger partial charge < -0.3 is 5.11 Å². The Kier molecular flexibility index (Phi) is 5.97. The molecule has 0 amide bonds. The first-order valence-corrected chi connectivity index (χ1v) is 8.28. The molecular formula is C14H23NO3S. The molecule has 0 aromatic heterocycles. The predicted octanol–water partition coefficient (Wildman–Crippen LogP) is 1.70. The number of aliphatic hydroxyl groups excluding tert-OH is 1. The first-order valence-electron chi connectivity index (χ1n) is 6.63. The Labute approximate surface area is 115 Å². The van der Waals surface area contributed by atoms with Crippen molar-refractivity contribution in [1.82, 2.24) is 4.72 Å². The van der Waals surface area contributed by atoms with Gasteiger partial charge in [0.1, 0.15) is 0 Å². The highest BCUT2D eigenvalue weighted by atomic mass is 32.2. The lowest BCUT2D eigenvalue weighted by molar-refractivity contribution is 0.172. The molecule has 0 radical (unpaired) electrons. The molecule has 1 aromatic rings. The van der Waals surface area contributed by atoms with Crippen molar-refractivity contribution in [2.75, 3.05) is 12.4 Å². The van der Waals surface area contributed by atoms with E-state index in [0.29, 0.717) is 19.3 Å². The molecule has 0 unspecified atom stereocenters. The monoisotopic (exact) mass is 285 g/mol. The summed E-state index contributed by atoms with van der Waals surface area (Å²) < 4.78 is 26.8. The Morgan fingerprint density at radius 1 is 1.16 bits per heavy atom. The van der Waals surface area contributed by atoms with E-state index in [1.165, 1.54) is 0 Å². The van der Waals surface area contributed by atoms with Crippen LogP contribution in [-0.4, -0.2) is 31.4 Å². The summed E-state index contributed by atoms with van der Waals surface area (Å²) >= 11 is 0. The van der Waals surface area contributed by atoms with Gasteiger partial charge in [-0.15, -0.1) is 0 Å². The van der Waals surface area contributed by atoms with E-state index in [-0.39, 0.29) is 12.4 Å². The summed E-state index contributed by atoms with van der Waals surface area (Å²) in [6, 6.07) is 9.51. The maximum atomic E-state index is 12.1. The van der Waals surface area contributed by atoms with Crippen LogP contribution in [0.5, 0.6) is 0 Å². The number of benzene rings is 1. The van der Waals surface area contributed by atoms with Crippen molar-refractivity contribution in [3.8, 4) is 0 Å². The van der Waals surface area contributed by atoms with E-state index >= 15 is 0 Å². The first-order chi connectivity index (χ1) is 8.97. The molecule has 0 bridgehead atoms. The van der Waals surface area contributed by atoms with Gasteiger partial charge in [-0.1, -0.05) is 44.2 Å². The molecule has 1 rings (SSSR count). The largest absolute Gasteiger partial charge is 0.394 e. The second-order valence-electron chi connectivity index (χ2n) is 4.80. The first kappa shape index (κ1) is 16.1. The molecular weight excluding hydrogens is 262 g/mol. The van der Waals surface area contributed by atoms with Gasteiger partial charge in [0.25, 0.3) is 0 Å². The number of sulfonamides is 1. The minimum atomic E-state index is -3.38. The van der Waals surface area contributed by atoms with Crippen molar-refractivity contribution in [2.24, 2.45) is 0 Å². The van der Waals surface area contributed by atoms with Gasteiger partial charge in [0.15, 0.2) is 0 Å². The van der Waals surface area contributed by atoms with Crippen LogP contribution in [0.1, 0.15) is 32.3 Å². The maximum absolute atomic E-state index is 12.1. The lowest BCUT2D eigenvalue weighted by atomic mass is 9.96. The molecule has 0 fully saturated rings. The molecule has 4 nitrogen and oxygen atoms in total. The SMILES string of the molecule is CCC(CC)(CO)NS(=O)(=O)CCc1ccccc1. The van der Waals surface area contributed by atoms with E-state index in [1.54, 1.807) is 0 Å². The third-order valence-corrected chi connectivity index (χ3v) is 5.02. The summed E-state index contributed by atoms with van der Waals surface area (Å²) in [5.41, 5.74) is 0.269. The number of aliphatic hydroxyl groups is 1. The third kappa shape index (κ3) is 4.93. The normalized spacial score (nSPS) is 12.6. The number of aryl methyl sites for hydroxylation is 1. The van der Waals surface area contributed by atoms with Gasteiger partial charge in [-0.3, -0.25) is 0 Å². The quantitative estimate of drug-likeness (QED) is 0.764. The van der Waals surface area contributed by atoms with Gasteiger partial charge >= 0.3 is 0 Å². The Hall–Kier alpha value is -0.910. The zero-order valence-electron chi connectivity index (χ0n) is 11.6. The molecule has 108 valence electrons. The zero-order valence-corrected chi connectivity index (χ0v) is 12.4. The van der Waals surface area contributed by atoms with Gasteiger partial charge in [0, 0.05) is 0 Å². The zero-order chi connectivity index (χ0) is 14.4. The average Bonchev–Trinajstić information content (AvgIpc) is 2.44. The third-order valence-electron chi connectivity index (χ3n) is 3.53. The van der Waals surface area contributed by atoms with Gasteiger partial charge in [0.05, 0.1) is 17.9 Å². The van der Waals surface area contributed by atoms with Gasteiger partial charge in [-0.25, -0.2) is 13.1 Å². The maximum Gasteiger partial charge on any atom is 0.212 e. The van der Waals surface area contributed by atoms with E-state index in [1.807, 2.05) is 44.2 Å². The van der Waals surface area contributed by atoms with Crippen molar-refractivity contribution in [3.05, 3.63) is 35.9 Å². The highest BCUT2D eigenvalue weighted by Gasteiger charge is 2.30. The van der Waals surface area contributed by atoms with Crippen LogP contribution in [0, 0.1) is 0 Å². The molecule has 0 aliphatic carbocycles. The topological polar surface area (TPSA) is 66.4 Å². The molecule has 0 saturated heterocycles. The fourth-order valence-corrected chi connectivity index (χ4v) is 3.55. The van der Waals surface area contributed by atoms with Gasteiger partial charge in [-0.05, 0) is 24.8 Å². The molecule has 5 heteroatoms. The molecule has 0 spiro atoms. The molecule has 0 aliphatic rings. The van der Waals surface area contributed by atoms with Crippen LogP contribution < -0.4 is 4.72 Å². The Bertz CT molecular complexity index is 458. The van der Waals surface area contributed by atoms with E-state index in [0.717, 1.165) is 5.56 Å². The summed E-state index contributed by atoms with van der Waals surface area (Å²) in [5.74, 6) is 0.0404. The Balaban J connectivity index is 2.66. The van der Waals surface area contributed by atoms with Gasteiger partial charge in [-0.2, -0.15) is 0 Å². The van der Waals surface area contributed by atoms with Crippen LogP contribution in [-0.2, 0) is 16.4 Å². The predicted molar refractivity (Wildman–Crippen MR) is 77.5 cm³/mol. The van der Waals surface area contributed by atoms with E-state index < -0.39 is 15.6 Å². The standard InChI is InChI=1S/C14H23NO3S/c1-3-14(4-2,12-16)15-19(17,18)11-10-13-8-6-5-7-9-13/h5-9,15-16H,3-4,10-12H2,1-2H3. The summed E-state index contributed by atoms with van der Waals surface area (Å²) in [7, 11) is -3.38. The minimum absolute atomic E-state index is 0.0404. The molecule has 19 heavy (non-hydrogen) atoms. The number of hydrogen-bond donors (Lipinski definition) is 2. The summed E-state index contributed by atoms with van der Waals surface area (Å²) in [6.45, 7) is 3.57. The highest BCUT2D eigenvalue weighted by Crippen LogP contribution is 2.16. The molecule has 1 aromatic carbocycles. The summed E-state index contributed by atoms with van der Waals surface area (Å²) in [6.07, 6.45) is 1.63. The molecule has 0 heterocycles. The van der Waals surface area contributed by atoms with E-state index in [9.17, 15) is 13.5 Å². The van der Waals surface area contributed by atoms with Crippen LogP contribution in [0.2, 0.25) is 0 Å². The smallest absolute Gasteiger partial charge is 0.212 e. The number of nitrogens with one attached hydrogen (secondary N) is 1. The fourth-order valence-electron chi connectivity index (χ4n) is 1.93. The second-order valence-corrected chi connectivity index (χ2v) is 6.64. The summed E-state index contributed by atoms with van der Waals surface area (Å²) in [5, 5.41) is 9.40. The summed E-state index contributed by atoms with van der Waals surface area (Å²) in [4.78, 5) is 0. The minimum Gasteiger partial charge on any atom is -0.394 e.